The average molecular weight is 675 g/mol. The molecule has 0 aliphatic heterocycles. The van der Waals surface area contributed by atoms with E-state index in [1.54, 1.807) is 0 Å². The smallest absolute Gasteiger partial charge is 0.160 e. The second kappa shape index (κ2) is 11.7. The van der Waals surface area contributed by atoms with E-state index in [-0.39, 0.29) is 5.41 Å². The minimum atomic E-state index is -0.330. The van der Waals surface area contributed by atoms with Crippen molar-refractivity contribution in [3.63, 3.8) is 0 Å². The van der Waals surface area contributed by atoms with Crippen molar-refractivity contribution < 1.29 is 0 Å². The fraction of sp³-hybridized carbons (Fsp3) is 0.0588. The van der Waals surface area contributed by atoms with Crippen LogP contribution in [0.2, 0.25) is 0 Å². The van der Waals surface area contributed by atoms with Crippen molar-refractivity contribution in [1.82, 2.24) is 9.97 Å². The summed E-state index contributed by atoms with van der Waals surface area (Å²) in [6.45, 7) is 0. The molecule has 3 aliphatic carbocycles. The van der Waals surface area contributed by atoms with Crippen LogP contribution in [0.15, 0.2) is 188 Å². The predicted octanol–water partition coefficient (Wildman–Crippen LogP) is 12.7. The lowest BCUT2D eigenvalue weighted by molar-refractivity contribution is 0.714. The van der Waals surface area contributed by atoms with E-state index >= 15 is 0 Å². The molecule has 3 aliphatic rings. The van der Waals surface area contributed by atoms with Gasteiger partial charge in [-0.15, -0.1) is 0 Å². The fourth-order valence-corrected chi connectivity index (χ4v) is 9.23. The van der Waals surface area contributed by atoms with Gasteiger partial charge in [0, 0.05) is 16.7 Å². The molecule has 0 radical (unpaired) electrons. The minimum Gasteiger partial charge on any atom is -0.228 e. The highest BCUT2D eigenvalue weighted by molar-refractivity contribution is 5.98. The summed E-state index contributed by atoms with van der Waals surface area (Å²) in [5.41, 5.74) is 18.1. The largest absolute Gasteiger partial charge is 0.228 e. The Morgan fingerprint density at radius 1 is 0.415 bits per heavy atom. The van der Waals surface area contributed by atoms with E-state index in [0.29, 0.717) is 0 Å². The van der Waals surface area contributed by atoms with Crippen molar-refractivity contribution in [3.05, 3.63) is 210 Å². The first kappa shape index (κ1) is 30.0. The molecule has 2 heteroatoms. The number of benzene rings is 7. The van der Waals surface area contributed by atoms with Crippen LogP contribution in [0.5, 0.6) is 0 Å². The van der Waals surface area contributed by atoms with E-state index in [2.05, 4.69) is 182 Å². The van der Waals surface area contributed by atoms with Gasteiger partial charge in [-0.3, -0.25) is 0 Å². The first-order chi connectivity index (χ1) is 26.3. The van der Waals surface area contributed by atoms with E-state index < -0.39 is 0 Å². The predicted molar refractivity (Wildman–Crippen MR) is 218 cm³/mol. The molecule has 248 valence electrons. The summed E-state index contributed by atoms with van der Waals surface area (Å²) in [6, 6.07) is 61.7. The Hall–Kier alpha value is -6.64. The maximum absolute atomic E-state index is 5.35. The van der Waals surface area contributed by atoms with Crippen molar-refractivity contribution >= 4 is 16.3 Å². The van der Waals surface area contributed by atoms with Gasteiger partial charge in [0.05, 0.1) is 16.8 Å². The summed E-state index contributed by atoms with van der Waals surface area (Å²) in [5, 5.41) is 2.38. The van der Waals surface area contributed by atoms with Crippen LogP contribution in [0.25, 0.3) is 72.5 Å². The summed E-state index contributed by atoms with van der Waals surface area (Å²) >= 11 is 0. The third-order valence-electron chi connectivity index (χ3n) is 11.6. The van der Waals surface area contributed by atoms with Gasteiger partial charge in [0.15, 0.2) is 5.82 Å². The Morgan fingerprint density at radius 2 is 1.02 bits per heavy atom. The number of hydrogen-bond acceptors (Lipinski definition) is 2. The van der Waals surface area contributed by atoms with Crippen LogP contribution in [0.3, 0.4) is 0 Å². The van der Waals surface area contributed by atoms with Crippen LogP contribution in [-0.4, -0.2) is 9.97 Å². The number of hydrogen-bond donors (Lipinski definition) is 0. The molecule has 11 rings (SSSR count). The van der Waals surface area contributed by atoms with Crippen LogP contribution in [-0.2, 0) is 5.41 Å². The molecule has 1 aromatic heterocycles. The SMILES string of the molecule is C1=CC2=C(CC1)C1(c3ccccc32)c2ccccc2-c2ccc(-c3cc(-c4ccc(-c5ccccc5)cc4)nc(-c4ccc5ccccc5c4)n3)cc21. The molecule has 1 spiro atoms. The normalized spacial score (nSPS) is 16.5. The van der Waals surface area contributed by atoms with Gasteiger partial charge >= 0.3 is 0 Å². The summed E-state index contributed by atoms with van der Waals surface area (Å²) < 4.78 is 0. The zero-order valence-electron chi connectivity index (χ0n) is 29.1. The van der Waals surface area contributed by atoms with Crippen molar-refractivity contribution in [2.45, 2.75) is 18.3 Å². The fourth-order valence-electron chi connectivity index (χ4n) is 9.23. The Balaban J connectivity index is 1.12. The Bertz CT molecular complexity index is 2820. The molecule has 0 amide bonds. The Labute approximate surface area is 309 Å². The van der Waals surface area contributed by atoms with Gasteiger partial charge in [-0.05, 0) is 97.5 Å². The number of nitrogens with zero attached hydrogens (tertiary/aromatic N) is 2. The van der Waals surface area contributed by atoms with Crippen LogP contribution in [0.4, 0.5) is 0 Å². The van der Waals surface area contributed by atoms with E-state index in [1.807, 2.05) is 0 Å². The van der Waals surface area contributed by atoms with E-state index in [4.69, 9.17) is 9.97 Å². The maximum Gasteiger partial charge on any atom is 0.160 e. The average Bonchev–Trinajstić information content (AvgIpc) is 3.71. The van der Waals surface area contributed by atoms with Gasteiger partial charge in [-0.2, -0.15) is 0 Å². The van der Waals surface area contributed by atoms with Crippen molar-refractivity contribution in [3.8, 4) is 56.2 Å². The van der Waals surface area contributed by atoms with Crippen LogP contribution < -0.4 is 0 Å². The molecule has 53 heavy (non-hydrogen) atoms. The number of allylic oxidation sites excluding steroid dienone is 4. The van der Waals surface area contributed by atoms with Gasteiger partial charge < -0.3 is 0 Å². The second-order valence-electron chi connectivity index (χ2n) is 14.4. The van der Waals surface area contributed by atoms with Gasteiger partial charge in [0.2, 0.25) is 0 Å². The molecule has 0 saturated carbocycles. The first-order valence-corrected chi connectivity index (χ1v) is 18.5. The summed E-state index contributed by atoms with van der Waals surface area (Å²) in [6.07, 6.45) is 6.81. The standard InChI is InChI=1S/C51H34N2/c1-2-12-33(13-3-1)35-22-25-36(26-23-35)48-32-49(53-50(52-48)39-27-24-34-14-4-5-15-37(34)30-39)38-28-29-43-42-18-8-11-21-46(42)51(47(43)31-38)44-19-9-6-16-40(44)41-17-7-10-20-45(41)51/h1-9,11-19,21-32H,10,20H2. The quantitative estimate of drug-likeness (QED) is 0.186. The zero-order chi connectivity index (χ0) is 34.9. The van der Waals surface area contributed by atoms with E-state index in [0.717, 1.165) is 46.7 Å². The molecular weight excluding hydrogens is 641 g/mol. The van der Waals surface area contributed by atoms with E-state index in [9.17, 15) is 0 Å². The molecule has 0 saturated heterocycles. The number of rotatable bonds is 4. The molecule has 7 aromatic carbocycles. The Morgan fingerprint density at radius 3 is 1.85 bits per heavy atom. The lowest BCUT2D eigenvalue weighted by Gasteiger charge is -2.33. The lowest BCUT2D eigenvalue weighted by atomic mass is 9.68. The molecule has 0 fully saturated rings. The molecular formula is C51H34N2. The number of fused-ring (bicyclic) bond motifs is 10. The first-order valence-electron chi connectivity index (χ1n) is 18.5. The van der Waals surface area contributed by atoms with Crippen molar-refractivity contribution in [2.24, 2.45) is 0 Å². The van der Waals surface area contributed by atoms with Gasteiger partial charge in [-0.1, -0.05) is 164 Å². The molecule has 0 bridgehead atoms. The third-order valence-corrected chi connectivity index (χ3v) is 11.6. The van der Waals surface area contributed by atoms with Gasteiger partial charge in [0.1, 0.15) is 0 Å². The third kappa shape index (κ3) is 4.52. The highest BCUT2D eigenvalue weighted by Gasteiger charge is 2.52. The van der Waals surface area contributed by atoms with Gasteiger partial charge in [-0.25, -0.2) is 9.97 Å². The van der Waals surface area contributed by atoms with Gasteiger partial charge in [0.25, 0.3) is 0 Å². The highest BCUT2D eigenvalue weighted by atomic mass is 14.9. The molecule has 1 unspecified atom stereocenters. The number of aromatic nitrogens is 2. The van der Waals surface area contributed by atoms with Crippen LogP contribution in [0, 0.1) is 0 Å². The van der Waals surface area contributed by atoms with Crippen molar-refractivity contribution in [2.75, 3.05) is 0 Å². The maximum atomic E-state index is 5.35. The van der Waals surface area contributed by atoms with Crippen LogP contribution in [0.1, 0.15) is 35.1 Å². The molecule has 2 nitrogen and oxygen atoms in total. The summed E-state index contributed by atoms with van der Waals surface area (Å²) in [5.74, 6) is 0.725. The topological polar surface area (TPSA) is 25.8 Å². The highest BCUT2D eigenvalue weighted by Crippen LogP contribution is 2.63. The Kier molecular flexibility index (Phi) is 6.63. The zero-order valence-corrected chi connectivity index (χ0v) is 29.1. The lowest BCUT2D eigenvalue weighted by Crippen LogP contribution is -2.27. The van der Waals surface area contributed by atoms with Crippen LogP contribution >= 0.6 is 0 Å². The molecule has 1 heterocycles. The molecule has 1 atom stereocenters. The molecule has 0 N–H and O–H groups in total. The van der Waals surface area contributed by atoms with E-state index in [1.165, 1.54) is 66.4 Å². The summed E-state index contributed by atoms with van der Waals surface area (Å²) in [7, 11) is 0. The second-order valence-corrected chi connectivity index (χ2v) is 14.4. The monoisotopic (exact) mass is 674 g/mol. The minimum absolute atomic E-state index is 0.330. The molecule has 8 aromatic rings. The summed E-state index contributed by atoms with van der Waals surface area (Å²) in [4.78, 5) is 10.6. The van der Waals surface area contributed by atoms with Crippen molar-refractivity contribution in [1.29, 1.82) is 0 Å².